The van der Waals surface area contributed by atoms with Gasteiger partial charge in [0.25, 0.3) is 0 Å². The summed E-state index contributed by atoms with van der Waals surface area (Å²) in [6.07, 6.45) is -3.69. The van der Waals surface area contributed by atoms with Crippen molar-refractivity contribution in [3.63, 3.8) is 0 Å². The first-order valence-corrected chi connectivity index (χ1v) is 6.53. The molecule has 0 aliphatic rings. The minimum absolute atomic E-state index is 0.0643. The molecule has 0 unspecified atom stereocenters. The van der Waals surface area contributed by atoms with Crippen molar-refractivity contribution < 1.29 is 18.0 Å². The largest absolute Gasteiger partial charge is 0.417 e. The summed E-state index contributed by atoms with van der Waals surface area (Å²) in [5.74, 6) is -0.0617. The maximum absolute atomic E-state index is 12.4. The molecule has 0 atom stereocenters. The Bertz CT molecular complexity index is 612. The molecule has 0 radical (unpaired) electrons. The van der Waals surface area contributed by atoms with Crippen molar-refractivity contribution in [3.05, 3.63) is 59.8 Å². The molecule has 4 nitrogen and oxygen atoms in total. The number of hydrogen-bond donors (Lipinski definition) is 2. The van der Waals surface area contributed by atoms with Crippen LogP contribution in [0.3, 0.4) is 0 Å². The fraction of sp³-hybridized carbons (Fsp3) is 0.200. The second kappa shape index (κ2) is 6.93. The number of pyridine rings is 1. The summed E-state index contributed by atoms with van der Waals surface area (Å²) < 4.78 is 37.1. The summed E-state index contributed by atoms with van der Waals surface area (Å²) >= 11 is 0. The molecular formula is C15H14F3N3O. The number of rotatable bonds is 5. The van der Waals surface area contributed by atoms with Crippen LogP contribution in [0.5, 0.6) is 0 Å². The molecule has 0 bridgehead atoms. The summed E-state index contributed by atoms with van der Waals surface area (Å²) in [4.78, 5) is 15.3. The molecule has 1 aromatic carbocycles. The van der Waals surface area contributed by atoms with Crippen LogP contribution >= 0.6 is 0 Å². The van der Waals surface area contributed by atoms with Gasteiger partial charge in [-0.2, -0.15) is 13.2 Å². The number of aromatic nitrogens is 1. The van der Waals surface area contributed by atoms with Crippen LogP contribution in [0.15, 0.2) is 48.7 Å². The Hall–Kier alpha value is -2.57. The number of alkyl halides is 3. The fourth-order valence-electron chi connectivity index (χ4n) is 1.70. The van der Waals surface area contributed by atoms with Gasteiger partial charge in [0, 0.05) is 12.7 Å². The van der Waals surface area contributed by atoms with Crippen molar-refractivity contribution >= 4 is 11.7 Å². The monoisotopic (exact) mass is 309 g/mol. The Morgan fingerprint density at radius 2 is 1.82 bits per heavy atom. The van der Waals surface area contributed by atoms with Crippen molar-refractivity contribution in [2.45, 2.75) is 12.7 Å². The van der Waals surface area contributed by atoms with Crippen LogP contribution in [0.25, 0.3) is 0 Å². The lowest BCUT2D eigenvalue weighted by molar-refractivity contribution is -0.137. The molecule has 22 heavy (non-hydrogen) atoms. The molecular weight excluding hydrogens is 295 g/mol. The highest BCUT2D eigenvalue weighted by atomic mass is 19.4. The van der Waals surface area contributed by atoms with Crippen LogP contribution in [-0.4, -0.2) is 17.4 Å². The van der Waals surface area contributed by atoms with Gasteiger partial charge in [-0.25, -0.2) is 4.98 Å². The van der Waals surface area contributed by atoms with Crippen LogP contribution in [0.2, 0.25) is 0 Å². The van der Waals surface area contributed by atoms with E-state index in [1.165, 1.54) is 6.07 Å². The maximum Gasteiger partial charge on any atom is 0.417 e. The lowest BCUT2D eigenvalue weighted by Gasteiger charge is -2.09. The second-order valence-corrected chi connectivity index (χ2v) is 4.55. The van der Waals surface area contributed by atoms with E-state index in [4.69, 9.17) is 0 Å². The molecule has 0 saturated heterocycles. The van der Waals surface area contributed by atoms with Crippen molar-refractivity contribution in [1.82, 2.24) is 10.3 Å². The number of carbonyl (C=O) groups excluding carboxylic acids is 1. The number of benzene rings is 1. The highest BCUT2D eigenvalue weighted by Gasteiger charge is 2.30. The van der Waals surface area contributed by atoms with E-state index in [1.807, 2.05) is 30.3 Å². The third kappa shape index (κ3) is 4.76. The molecule has 1 heterocycles. The lowest BCUT2D eigenvalue weighted by atomic mass is 10.2. The number of amides is 1. The maximum atomic E-state index is 12.4. The normalized spacial score (nSPS) is 11.0. The topological polar surface area (TPSA) is 54.0 Å². The van der Waals surface area contributed by atoms with Gasteiger partial charge in [-0.1, -0.05) is 30.3 Å². The number of halogens is 3. The summed E-state index contributed by atoms with van der Waals surface area (Å²) in [6.45, 7) is 0.326. The molecule has 2 aromatic rings. The number of nitrogens with zero attached hydrogens (tertiary/aromatic N) is 1. The quantitative estimate of drug-likeness (QED) is 0.893. The van der Waals surface area contributed by atoms with Gasteiger partial charge in [0.05, 0.1) is 12.1 Å². The summed E-state index contributed by atoms with van der Waals surface area (Å²) in [6, 6.07) is 11.5. The molecule has 116 valence electrons. The summed E-state index contributed by atoms with van der Waals surface area (Å²) in [5, 5.41) is 5.36. The average Bonchev–Trinajstić information content (AvgIpc) is 2.51. The molecule has 1 amide bonds. The molecule has 1 aromatic heterocycles. The lowest BCUT2D eigenvalue weighted by Crippen LogP contribution is -2.29. The van der Waals surface area contributed by atoms with Crippen LogP contribution < -0.4 is 10.6 Å². The SMILES string of the molecule is O=C(CNc1ccc(C(F)(F)F)cn1)NCc1ccccc1. The van der Waals surface area contributed by atoms with Gasteiger partial charge in [-0.15, -0.1) is 0 Å². The third-order valence-corrected chi connectivity index (χ3v) is 2.85. The molecule has 0 spiro atoms. The zero-order valence-electron chi connectivity index (χ0n) is 11.5. The van der Waals surface area contributed by atoms with Crippen molar-refractivity contribution in [2.24, 2.45) is 0 Å². The first-order chi connectivity index (χ1) is 10.4. The first-order valence-electron chi connectivity index (χ1n) is 6.53. The Morgan fingerprint density at radius 3 is 2.41 bits per heavy atom. The van der Waals surface area contributed by atoms with Gasteiger partial charge < -0.3 is 10.6 Å². The molecule has 2 rings (SSSR count). The molecule has 0 saturated carbocycles. The van der Waals surface area contributed by atoms with E-state index in [0.717, 1.165) is 17.8 Å². The van der Waals surface area contributed by atoms with Crippen LogP contribution in [0, 0.1) is 0 Å². The van der Waals surface area contributed by atoms with E-state index in [0.29, 0.717) is 6.54 Å². The van der Waals surface area contributed by atoms with Crippen molar-refractivity contribution in [3.8, 4) is 0 Å². The minimum Gasteiger partial charge on any atom is -0.361 e. The van der Waals surface area contributed by atoms with Crippen LogP contribution in [0.4, 0.5) is 19.0 Å². The molecule has 7 heteroatoms. The Kier molecular flexibility index (Phi) is 4.98. The number of carbonyl (C=O) groups is 1. The van der Waals surface area contributed by atoms with Gasteiger partial charge in [-0.3, -0.25) is 4.79 Å². The Morgan fingerprint density at radius 1 is 1.09 bits per heavy atom. The molecule has 2 N–H and O–H groups in total. The van der Waals surface area contributed by atoms with E-state index >= 15 is 0 Å². The molecule has 0 aliphatic carbocycles. The highest BCUT2D eigenvalue weighted by Crippen LogP contribution is 2.28. The first kappa shape index (κ1) is 15.8. The van der Waals surface area contributed by atoms with Gasteiger partial charge in [-0.05, 0) is 17.7 Å². The zero-order valence-corrected chi connectivity index (χ0v) is 11.5. The predicted molar refractivity (Wildman–Crippen MR) is 76.0 cm³/mol. The second-order valence-electron chi connectivity index (χ2n) is 4.55. The van der Waals surface area contributed by atoms with Crippen molar-refractivity contribution in [1.29, 1.82) is 0 Å². The minimum atomic E-state index is -4.42. The van der Waals surface area contributed by atoms with E-state index in [1.54, 1.807) is 0 Å². The van der Waals surface area contributed by atoms with E-state index in [-0.39, 0.29) is 18.3 Å². The zero-order chi connectivity index (χ0) is 16.0. The summed E-state index contributed by atoms with van der Waals surface area (Å²) in [5.41, 5.74) is 0.134. The number of anilines is 1. The number of nitrogens with one attached hydrogen (secondary N) is 2. The van der Waals surface area contributed by atoms with Crippen molar-refractivity contribution in [2.75, 3.05) is 11.9 Å². The van der Waals surface area contributed by atoms with Gasteiger partial charge in [0.1, 0.15) is 5.82 Å². The van der Waals surface area contributed by atoms with Gasteiger partial charge in [0.15, 0.2) is 0 Å². The van der Waals surface area contributed by atoms with Crippen LogP contribution in [-0.2, 0) is 17.5 Å². The molecule has 0 aliphatic heterocycles. The Balaban J connectivity index is 1.79. The van der Waals surface area contributed by atoms with Crippen LogP contribution in [0.1, 0.15) is 11.1 Å². The van der Waals surface area contributed by atoms with E-state index in [9.17, 15) is 18.0 Å². The number of hydrogen-bond acceptors (Lipinski definition) is 3. The highest BCUT2D eigenvalue weighted by molar-refractivity contribution is 5.80. The average molecular weight is 309 g/mol. The summed E-state index contributed by atoms with van der Waals surface area (Å²) in [7, 11) is 0. The molecule has 0 fully saturated rings. The third-order valence-electron chi connectivity index (χ3n) is 2.85. The fourth-order valence-corrected chi connectivity index (χ4v) is 1.70. The Labute approximate surface area is 125 Å². The van der Waals surface area contributed by atoms with Gasteiger partial charge >= 0.3 is 6.18 Å². The standard InChI is InChI=1S/C15H14F3N3O/c16-15(17,18)12-6-7-13(19-9-12)20-10-14(22)21-8-11-4-2-1-3-5-11/h1-7,9H,8,10H2,(H,19,20)(H,21,22). The van der Waals surface area contributed by atoms with E-state index < -0.39 is 11.7 Å². The smallest absolute Gasteiger partial charge is 0.361 e. The predicted octanol–water partition coefficient (Wildman–Crippen LogP) is 2.83. The van der Waals surface area contributed by atoms with E-state index in [2.05, 4.69) is 15.6 Å². The van der Waals surface area contributed by atoms with Gasteiger partial charge in [0.2, 0.25) is 5.91 Å².